The minimum atomic E-state index is 0.325. The number of halogens is 1. The first-order valence-electron chi connectivity index (χ1n) is 6.21. The lowest BCUT2D eigenvalue weighted by atomic mass is 9.91. The number of benzene rings is 1. The third-order valence-corrected chi connectivity index (χ3v) is 3.17. The Hall–Kier alpha value is -0.830. The number of aryl methyl sites for hydroxylation is 1. The standard InChI is InChI=1S/C15H21BrO2/c1-11-8-13(16)9-12(10-17)14(11)18-7-5-6-15(2,3)4/h8-10H,5-7H2,1-4H3. The predicted molar refractivity (Wildman–Crippen MR) is 78.5 cm³/mol. The van der Waals surface area contributed by atoms with E-state index >= 15 is 0 Å². The van der Waals surface area contributed by atoms with Gasteiger partial charge < -0.3 is 4.74 Å². The van der Waals surface area contributed by atoms with Crippen molar-refractivity contribution in [2.75, 3.05) is 6.61 Å². The third-order valence-electron chi connectivity index (χ3n) is 2.71. The van der Waals surface area contributed by atoms with Crippen molar-refractivity contribution in [1.82, 2.24) is 0 Å². The van der Waals surface area contributed by atoms with Crippen LogP contribution in [0.4, 0.5) is 0 Å². The first kappa shape index (κ1) is 15.2. The number of carbonyl (C=O) groups excluding carboxylic acids is 1. The van der Waals surface area contributed by atoms with E-state index in [1.54, 1.807) is 6.07 Å². The van der Waals surface area contributed by atoms with Gasteiger partial charge in [-0.1, -0.05) is 36.7 Å². The number of rotatable bonds is 5. The highest BCUT2D eigenvalue weighted by atomic mass is 79.9. The third kappa shape index (κ3) is 4.81. The minimum Gasteiger partial charge on any atom is -0.493 e. The maximum Gasteiger partial charge on any atom is 0.153 e. The van der Waals surface area contributed by atoms with E-state index in [2.05, 4.69) is 36.7 Å². The molecule has 0 heterocycles. The Balaban J connectivity index is 2.65. The van der Waals surface area contributed by atoms with E-state index < -0.39 is 0 Å². The zero-order chi connectivity index (χ0) is 13.8. The van der Waals surface area contributed by atoms with Gasteiger partial charge in [-0.05, 0) is 42.9 Å². The molecule has 1 aromatic rings. The molecule has 0 amide bonds. The molecule has 0 saturated carbocycles. The summed E-state index contributed by atoms with van der Waals surface area (Å²) in [5.74, 6) is 0.710. The van der Waals surface area contributed by atoms with Gasteiger partial charge in [0.05, 0.1) is 12.2 Å². The lowest BCUT2D eigenvalue weighted by molar-refractivity contribution is 0.111. The molecule has 0 unspecified atom stereocenters. The molecule has 0 aliphatic heterocycles. The second-order valence-corrected chi connectivity index (χ2v) is 6.69. The highest BCUT2D eigenvalue weighted by Gasteiger charge is 2.11. The first-order chi connectivity index (χ1) is 8.33. The smallest absolute Gasteiger partial charge is 0.153 e. The quantitative estimate of drug-likeness (QED) is 0.578. The largest absolute Gasteiger partial charge is 0.493 e. The minimum absolute atomic E-state index is 0.325. The summed E-state index contributed by atoms with van der Waals surface area (Å²) in [6.07, 6.45) is 2.95. The van der Waals surface area contributed by atoms with Crippen molar-refractivity contribution in [3.63, 3.8) is 0 Å². The zero-order valence-corrected chi connectivity index (χ0v) is 13.1. The van der Waals surface area contributed by atoms with Crippen molar-refractivity contribution in [3.05, 3.63) is 27.7 Å². The summed E-state index contributed by atoms with van der Waals surface area (Å²) in [7, 11) is 0. The molecular weight excluding hydrogens is 292 g/mol. The SMILES string of the molecule is Cc1cc(Br)cc(C=O)c1OCCCC(C)(C)C. The van der Waals surface area contributed by atoms with Gasteiger partial charge in [0.25, 0.3) is 0 Å². The fourth-order valence-electron chi connectivity index (χ4n) is 1.82. The van der Waals surface area contributed by atoms with Crippen LogP contribution >= 0.6 is 15.9 Å². The first-order valence-corrected chi connectivity index (χ1v) is 7.01. The van der Waals surface area contributed by atoms with Crippen molar-refractivity contribution < 1.29 is 9.53 Å². The van der Waals surface area contributed by atoms with Crippen molar-refractivity contribution >= 4 is 22.2 Å². The summed E-state index contributed by atoms with van der Waals surface area (Å²) >= 11 is 3.38. The Morgan fingerprint density at radius 1 is 1.33 bits per heavy atom. The highest BCUT2D eigenvalue weighted by molar-refractivity contribution is 9.10. The van der Waals surface area contributed by atoms with Gasteiger partial charge in [0.1, 0.15) is 5.75 Å². The average molecular weight is 313 g/mol. The molecule has 0 saturated heterocycles. The molecule has 0 atom stereocenters. The maximum absolute atomic E-state index is 11.0. The van der Waals surface area contributed by atoms with Crippen LogP contribution in [0.5, 0.6) is 5.75 Å². The molecule has 100 valence electrons. The normalized spacial score (nSPS) is 11.4. The van der Waals surface area contributed by atoms with Gasteiger partial charge in [0.15, 0.2) is 6.29 Å². The van der Waals surface area contributed by atoms with Crippen LogP contribution in [0.2, 0.25) is 0 Å². The fourth-order valence-corrected chi connectivity index (χ4v) is 2.41. The topological polar surface area (TPSA) is 26.3 Å². The van der Waals surface area contributed by atoms with Gasteiger partial charge in [0.2, 0.25) is 0 Å². The van der Waals surface area contributed by atoms with E-state index in [1.165, 1.54) is 0 Å². The van der Waals surface area contributed by atoms with Crippen molar-refractivity contribution in [1.29, 1.82) is 0 Å². The molecule has 0 fully saturated rings. The number of ether oxygens (including phenoxy) is 1. The molecule has 3 heteroatoms. The number of hydrogen-bond acceptors (Lipinski definition) is 2. The Kier molecular flexibility index (Phi) is 5.39. The molecule has 0 N–H and O–H groups in total. The van der Waals surface area contributed by atoms with E-state index in [-0.39, 0.29) is 0 Å². The van der Waals surface area contributed by atoms with Crippen LogP contribution in [0.15, 0.2) is 16.6 Å². The number of carbonyl (C=O) groups is 1. The van der Waals surface area contributed by atoms with Crippen LogP contribution in [0.3, 0.4) is 0 Å². The van der Waals surface area contributed by atoms with Crippen LogP contribution < -0.4 is 4.74 Å². The van der Waals surface area contributed by atoms with Crippen LogP contribution in [0, 0.1) is 12.3 Å². The van der Waals surface area contributed by atoms with Gasteiger partial charge in [-0.2, -0.15) is 0 Å². The van der Waals surface area contributed by atoms with Gasteiger partial charge >= 0.3 is 0 Å². The van der Waals surface area contributed by atoms with Crippen molar-refractivity contribution in [2.24, 2.45) is 5.41 Å². The molecule has 0 aliphatic carbocycles. The van der Waals surface area contributed by atoms with Gasteiger partial charge in [0, 0.05) is 4.47 Å². The second-order valence-electron chi connectivity index (χ2n) is 5.77. The predicted octanol–water partition coefficient (Wildman–Crippen LogP) is 4.78. The van der Waals surface area contributed by atoms with Crippen LogP contribution in [-0.2, 0) is 0 Å². The average Bonchev–Trinajstić information content (AvgIpc) is 2.24. The summed E-state index contributed by atoms with van der Waals surface area (Å²) in [6, 6.07) is 3.76. The second kappa shape index (κ2) is 6.37. The maximum atomic E-state index is 11.0. The van der Waals surface area contributed by atoms with E-state index in [0.717, 1.165) is 29.2 Å². The lowest BCUT2D eigenvalue weighted by Crippen LogP contribution is -2.09. The van der Waals surface area contributed by atoms with Crippen molar-refractivity contribution in [2.45, 2.75) is 40.5 Å². The Labute approximate surface area is 118 Å². The molecule has 2 nitrogen and oxygen atoms in total. The monoisotopic (exact) mass is 312 g/mol. The lowest BCUT2D eigenvalue weighted by Gasteiger charge is -2.18. The molecule has 0 aromatic heterocycles. The summed E-state index contributed by atoms with van der Waals surface area (Å²) in [5.41, 5.74) is 1.92. The van der Waals surface area contributed by atoms with E-state index in [0.29, 0.717) is 23.3 Å². The Morgan fingerprint density at radius 2 is 2.00 bits per heavy atom. The molecule has 0 radical (unpaired) electrons. The van der Waals surface area contributed by atoms with E-state index in [9.17, 15) is 4.79 Å². The molecule has 0 spiro atoms. The van der Waals surface area contributed by atoms with Gasteiger partial charge in [-0.15, -0.1) is 0 Å². The van der Waals surface area contributed by atoms with E-state index in [4.69, 9.17) is 4.74 Å². The van der Waals surface area contributed by atoms with Crippen LogP contribution in [0.25, 0.3) is 0 Å². The molecular formula is C15H21BrO2. The summed E-state index contributed by atoms with van der Waals surface area (Å²) in [6.45, 7) is 9.26. The van der Waals surface area contributed by atoms with Crippen LogP contribution in [-0.4, -0.2) is 12.9 Å². The fraction of sp³-hybridized carbons (Fsp3) is 0.533. The highest BCUT2D eigenvalue weighted by Crippen LogP contribution is 2.27. The van der Waals surface area contributed by atoms with Gasteiger partial charge in [-0.25, -0.2) is 0 Å². The Bertz CT molecular complexity index is 419. The number of aldehydes is 1. The van der Waals surface area contributed by atoms with E-state index in [1.807, 2.05) is 13.0 Å². The number of hydrogen-bond donors (Lipinski definition) is 0. The summed E-state index contributed by atoms with van der Waals surface area (Å²) in [5, 5.41) is 0. The molecule has 0 bridgehead atoms. The van der Waals surface area contributed by atoms with Crippen LogP contribution in [0.1, 0.15) is 49.5 Å². The Morgan fingerprint density at radius 3 is 2.56 bits per heavy atom. The van der Waals surface area contributed by atoms with Crippen molar-refractivity contribution in [3.8, 4) is 5.75 Å². The summed E-state index contributed by atoms with van der Waals surface area (Å²) in [4.78, 5) is 11.0. The molecule has 1 rings (SSSR count). The summed E-state index contributed by atoms with van der Waals surface area (Å²) < 4.78 is 6.66. The molecule has 0 aliphatic rings. The molecule has 18 heavy (non-hydrogen) atoms. The zero-order valence-electron chi connectivity index (χ0n) is 11.5. The molecule has 1 aromatic carbocycles. The van der Waals surface area contributed by atoms with Gasteiger partial charge in [-0.3, -0.25) is 4.79 Å².